The van der Waals surface area contributed by atoms with Crippen LogP contribution in [0.2, 0.25) is 0 Å². The van der Waals surface area contributed by atoms with Crippen LogP contribution in [-0.2, 0) is 33.3 Å². The van der Waals surface area contributed by atoms with Crippen molar-refractivity contribution in [2.24, 2.45) is 17.8 Å². The molecule has 2 heterocycles. The molecule has 0 aromatic carbocycles. The first-order chi connectivity index (χ1) is 14.9. The van der Waals surface area contributed by atoms with E-state index in [4.69, 9.17) is 30.5 Å². The number of epoxide rings is 1. The molecule has 0 aromatic heterocycles. The number of ether oxygens (including phenoxy) is 4. The third-order valence-corrected chi connectivity index (χ3v) is 7.76. The summed E-state index contributed by atoms with van der Waals surface area (Å²) in [6.07, 6.45) is -2.00. The van der Waals surface area contributed by atoms with Crippen molar-refractivity contribution in [1.82, 2.24) is 0 Å². The van der Waals surface area contributed by atoms with E-state index in [1.807, 2.05) is 0 Å². The van der Waals surface area contributed by atoms with E-state index in [2.05, 4.69) is 6.58 Å². The van der Waals surface area contributed by atoms with Gasteiger partial charge in [-0.3, -0.25) is 4.79 Å². The Hall–Kier alpha value is -1.94. The van der Waals surface area contributed by atoms with Crippen molar-refractivity contribution < 1.29 is 43.5 Å². The number of rotatable bonds is 5. The average Bonchev–Trinajstić information content (AvgIpc) is 3.28. The molecule has 32 heavy (non-hydrogen) atoms. The summed E-state index contributed by atoms with van der Waals surface area (Å²) in [5.41, 5.74) is -2.07. The van der Waals surface area contributed by atoms with Gasteiger partial charge in [0.25, 0.3) is 0 Å². The summed E-state index contributed by atoms with van der Waals surface area (Å²) in [5, 5.41) is 22.4. The number of fused-ring (bicyclic) bond motifs is 5. The van der Waals surface area contributed by atoms with Crippen LogP contribution in [0.3, 0.4) is 0 Å². The van der Waals surface area contributed by atoms with Gasteiger partial charge >= 0.3 is 17.9 Å². The minimum absolute atomic E-state index is 0.0969. The lowest BCUT2D eigenvalue weighted by molar-refractivity contribution is -0.152. The van der Waals surface area contributed by atoms with Crippen molar-refractivity contribution in [3.8, 4) is 0 Å². The van der Waals surface area contributed by atoms with Gasteiger partial charge in [0.15, 0.2) is 0 Å². The number of alkyl halides is 1. The molecule has 0 radical (unpaired) electrons. The van der Waals surface area contributed by atoms with E-state index < -0.39 is 71.3 Å². The van der Waals surface area contributed by atoms with Gasteiger partial charge in [-0.2, -0.15) is 0 Å². The van der Waals surface area contributed by atoms with E-state index in [1.54, 1.807) is 6.92 Å². The number of hydrogen-bond donors (Lipinski definition) is 2. The number of halogens is 1. The van der Waals surface area contributed by atoms with E-state index in [9.17, 15) is 24.6 Å². The van der Waals surface area contributed by atoms with Crippen molar-refractivity contribution >= 4 is 29.5 Å². The average molecular weight is 471 g/mol. The van der Waals surface area contributed by atoms with Gasteiger partial charge in [-0.25, -0.2) is 9.59 Å². The number of carbonyl (C=O) groups excluding carboxylic acids is 3. The molecule has 2 N–H and O–H groups in total. The smallest absolute Gasteiger partial charge is 0.334 e. The normalized spacial score (nSPS) is 44.7. The molecule has 176 valence electrons. The second kappa shape index (κ2) is 7.83. The Morgan fingerprint density at radius 3 is 2.66 bits per heavy atom. The zero-order chi connectivity index (χ0) is 23.6. The molecule has 10 heteroatoms. The summed E-state index contributed by atoms with van der Waals surface area (Å²) in [6, 6.07) is 0. The van der Waals surface area contributed by atoms with E-state index in [1.165, 1.54) is 19.9 Å². The second-order valence-electron chi connectivity index (χ2n) is 9.26. The van der Waals surface area contributed by atoms with Crippen molar-refractivity contribution in [3.05, 3.63) is 23.8 Å². The van der Waals surface area contributed by atoms with Gasteiger partial charge in [0.1, 0.15) is 30.5 Å². The fourth-order valence-corrected chi connectivity index (χ4v) is 5.95. The van der Waals surface area contributed by atoms with Crippen LogP contribution in [0.5, 0.6) is 0 Å². The highest BCUT2D eigenvalue weighted by Crippen LogP contribution is 2.64. The van der Waals surface area contributed by atoms with Crippen molar-refractivity contribution in [3.63, 3.8) is 0 Å². The largest absolute Gasteiger partial charge is 0.462 e. The third kappa shape index (κ3) is 3.46. The summed E-state index contributed by atoms with van der Waals surface area (Å²) < 4.78 is 21.9. The maximum absolute atomic E-state index is 12.7. The number of aliphatic hydroxyl groups excluding tert-OH is 1. The molecule has 9 atom stereocenters. The Labute approximate surface area is 190 Å². The predicted octanol–water partition coefficient (Wildman–Crippen LogP) is 0.643. The first-order valence-corrected chi connectivity index (χ1v) is 11.0. The molecule has 2 aliphatic carbocycles. The molecular weight excluding hydrogens is 444 g/mol. The Morgan fingerprint density at radius 1 is 1.34 bits per heavy atom. The van der Waals surface area contributed by atoms with Crippen molar-refractivity contribution in [2.45, 2.75) is 62.8 Å². The van der Waals surface area contributed by atoms with Gasteiger partial charge in [0.05, 0.1) is 23.5 Å². The fraction of sp³-hybridized carbons (Fsp3) is 0.682. The molecule has 0 amide bonds. The zero-order valence-corrected chi connectivity index (χ0v) is 18.8. The van der Waals surface area contributed by atoms with E-state index in [0.29, 0.717) is 0 Å². The molecule has 4 rings (SSSR count). The van der Waals surface area contributed by atoms with Gasteiger partial charge in [0.2, 0.25) is 0 Å². The molecule has 2 aliphatic heterocycles. The number of aliphatic hydroxyl groups is 2. The van der Waals surface area contributed by atoms with Gasteiger partial charge in [-0.1, -0.05) is 6.58 Å². The maximum atomic E-state index is 12.7. The van der Waals surface area contributed by atoms with Crippen LogP contribution < -0.4 is 0 Å². The summed E-state index contributed by atoms with van der Waals surface area (Å²) in [4.78, 5) is 36.1. The fourth-order valence-electron chi connectivity index (χ4n) is 5.66. The first kappa shape index (κ1) is 23.2. The van der Waals surface area contributed by atoms with E-state index in [0.717, 1.165) is 0 Å². The molecule has 9 nitrogen and oxygen atoms in total. The highest BCUT2D eigenvalue weighted by atomic mass is 35.5. The monoisotopic (exact) mass is 470 g/mol. The minimum Gasteiger partial charge on any atom is -0.462 e. The lowest BCUT2D eigenvalue weighted by Gasteiger charge is -2.39. The highest BCUT2D eigenvalue weighted by Gasteiger charge is 2.78. The summed E-state index contributed by atoms with van der Waals surface area (Å²) in [6.45, 7) is 8.31. The zero-order valence-electron chi connectivity index (χ0n) is 18.1. The van der Waals surface area contributed by atoms with Crippen LogP contribution in [0.15, 0.2) is 23.8 Å². The summed E-state index contributed by atoms with van der Waals surface area (Å²) >= 11 is 6.19. The van der Waals surface area contributed by atoms with Crippen molar-refractivity contribution in [1.29, 1.82) is 0 Å². The topological polar surface area (TPSA) is 132 Å². The van der Waals surface area contributed by atoms with Crippen LogP contribution in [0.25, 0.3) is 0 Å². The molecule has 2 saturated heterocycles. The van der Waals surface area contributed by atoms with E-state index >= 15 is 0 Å². The molecule has 0 spiro atoms. The quantitative estimate of drug-likeness (QED) is 0.195. The van der Waals surface area contributed by atoms with Gasteiger partial charge in [0, 0.05) is 36.3 Å². The Kier molecular flexibility index (Phi) is 5.68. The molecular formula is C22H27ClO9. The number of carbonyl (C=O) groups is 3. The molecule has 2 saturated carbocycles. The number of hydrogen-bond acceptors (Lipinski definition) is 9. The van der Waals surface area contributed by atoms with Gasteiger partial charge in [-0.05, 0) is 19.9 Å². The van der Waals surface area contributed by atoms with E-state index in [-0.39, 0.29) is 30.1 Å². The molecule has 0 unspecified atom stereocenters. The maximum Gasteiger partial charge on any atom is 0.334 e. The third-order valence-electron chi connectivity index (χ3n) is 7.29. The van der Waals surface area contributed by atoms with Gasteiger partial charge < -0.3 is 29.2 Å². The van der Waals surface area contributed by atoms with Crippen LogP contribution in [0.1, 0.15) is 27.2 Å². The predicted molar refractivity (Wildman–Crippen MR) is 109 cm³/mol. The summed E-state index contributed by atoms with van der Waals surface area (Å²) in [5.74, 6) is -4.04. The summed E-state index contributed by atoms with van der Waals surface area (Å²) in [7, 11) is 0. The second-order valence-corrected chi connectivity index (χ2v) is 9.53. The standard InChI is InChI=1S/C22H27ClO9/c1-9(5-6-29-11(3)24)19(26)30-12-7-22(28,8-23)14-15(21(4)18(32-21)16(14)25)17-13(12)10(2)20(27)31-17/h5,12-18,25,28H,2,6-8H2,1,3-4H3/b9-5-/t12-,13-,14+,15+,16+,17+,18-,21+,22+/m1/s1. The lowest BCUT2D eigenvalue weighted by atomic mass is 9.74. The van der Waals surface area contributed by atoms with Crippen LogP contribution in [-0.4, -0.2) is 76.2 Å². The first-order valence-electron chi connectivity index (χ1n) is 10.5. The Bertz CT molecular complexity index is 900. The Balaban J connectivity index is 1.66. The van der Waals surface area contributed by atoms with Crippen molar-refractivity contribution in [2.75, 3.05) is 12.5 Å². The van der Waals surface area contributed by atoms with Crippen LogP contribution in [0.4, 0.5) is 0 Å². The molecule has 0 aromatic rings. The van der Waals surface area contributed by atoms with Crippen LogP contribution >= 0.6 is 11.6 Å². The molecule has 0 bridgehead atoms. The lowest BCUT2D eigenvalue weighted by Crippen LogP contribution is -2.51. The molecule has 4 fully saturated rings. The number of esters is 3. The Morgan fingerprint density at radius 2 is 2.03 bits per heavy atom. The molecule has 4 aliphatic rings. The van der Waals surface area contributed by atoms with Gasteiger partial charge in [-0.15, -0.1) is 11.6 Å². The van der Waals surface area contributed by atoms with Crippen LogP contribution in [0, 0.1) is 17.8 Å². The highest BCUT2D eigenvalue weighted by molar-refractivity contribution is 6.18. The minimum atomic E-state index is -1.59. The SMILES string of the molecule is C=C1C(=O)O[C@H]2[C@H]1[C@H](OC(=O)/C(C)=C\COC(C)=O)C[C@](O)(CCl)[C@@H]1[C@H](O)[C@H]3O[C@@]3(C)[C@H]21.